The summed E-state index contributed by atoms with van der Waals surface area (Å²) in [7, 11) is 0. The van der Waals surface area contributed by atoms with E-state index in [1.54, 1.807) is 21.6 Å². The van der Waals surface area contributed by atoms with Crippen molar-refractivity contribution in [1.29, 1.82) is 0 Å². The molecule has 0 radical (unpaired) electrons. The smallest absolute Gasteiger partial charge is 0.267 e. The van der Waals surface area contributed by atoms with Crippen LogP contribution in [0, 0.1) is 6.92 Å². The molecule has 0 N–H and O–H groups in total. The number of anilines is 1. The van der Waals surface area contributed by atoms with E-state index in [2.05, 4.69) is 34.1 Å². The van der Waals surface area contributed by atoms with E-state index in [-0.39, 0.29) is 17.5 Å². The van der Waals surface area contributed by atoms with Crippen LogP contribution in [0.2, 0.25) is 0 Å². The van der Waals surface area contributed by atoms with Crippen LogP contribution in [0.15, 0.2) is 58.4 Å². The Balaban J connectivity index is 1.50. The van der Waals surface area contributed by atoms with Gasteiger partial charge in [-0.1, -0.05) is 67.3 Å². The van der Waals surface area contributed by atoms with Crippen LogP contribution in [0.4, 0.5) is 5.82 Å². The van der Waals surface area contributed by atoms with Gasteiger partial charge in [0.05, 0.1) is 10.5 Å². The van der Waals surface area contributed by atoms with E-state index in [0.29, 0.717) is 26.3 Å². The fraction of sp³-hybridized carbons (Fsp3) is 0.357. The standard InChI is InChI=1S/C28H31N5O2S2/c1-4-20(3)33-27(35)23(37-28(33)36)17-22-25(29-24-19(2)9-8-12-32(24)26(22)34)31-15-13-30(14-16-31)18-21-10-6-5-7-11-21/h5-12,17,20H,4,13-16,18H2,1-3H3/b23-17-. The van der Waals surface area contributed by atoms with Crippen LogP contribution < -0.4 is 10.5 Å². The number of thiocarbonyl (C=S) groups is 1. The lowest BCUT2D eigenvalue weighted by Gasteiger charge is -2.36. The van der Waals surface area contributed by atoms with Crippen LogP contribution in [-0.4, -0.2) is 61.6 Å². The Morgan fingerprint density at radius 2 is 1.81 bits per heavy atom. The summed E-state index contributed by atoms with van der Waals surface area (Å²) in [5, 5.41) is 0. The second-order valence-corrected chi connectivity index (χ2v) is 11.3. The Bertz CT molecular complexity index is 1430. The summed E-state index contributed by atoms with van der Waals surface area (Å²) in [6.07, 6.45) is 4.25. The highest BCUT2D eigenvalue weighted by Crippen LogP contribution is 2.35. The summed E-state index contributed by atoms with van der Waals surface area (Å²) in [4.78, 5) is 38.7. The number of piperazine rings is 1. The Morgan fingerprint density at radius 3 is 2.51 bits per heavy atom. The molecule has 192 valence electrons. The van der Waals surface area contributed by atoms with Gasteiger partial charge in [0, 0.05) is 45.0 Å². The van der Waals surface area contributed by atoms with Crippen LogP contribution in [0.5, 0.6) is 0 Å². The fourth-order valence-corrected chi connectivity index (χ4v) is 6.24. The van der Waals surface area contributed by atoms with Crippen molar-refractivity contribution in [2.24, 2.45) is 0 Å². The number of amides is 1. The fourth-order valence-electron chi connectivity index (χ4n) is 4.80. The van der Waals surface area contributed by atoms with Crippen LogP contribution in [0.25, 0.3) is 11.7 Å². The molecule has 1 amide bonds. The van der Waals surface area contributed by atoms with Gasteiger partial charge in [0.25, 0.3) is 11.5 Å². The minimum Gasteiger partial charge on any atom is -0.353 e. The first-order chi connectivity index (χ1) is 17.9. The van der Waals surface area contributed by atoms with Gasteiger partial charge in [0.15, 0.2) is 0 Å². The van der Waals surface area contributed by atoms with Crippen molar-refractivity contribution in [2.45, 2.75) is 39.8 Å². The molecular weight excluding hydrogens is 502 g/mol. The highest BCUT2D eigenvalue weighted by molar-refractivity contribution is 8.26. The zero-order valence-corrected chi connectivity index (χ0v) is 23.0. The van der Waals surface area contributed by atoms with Gasteiger partial charge in [0.1, 0.15) is 15.8 Å². The average Bonchev–Trinajstić information content (AvgIpc) is 3.19. The van der Waals surface area contributed by atoms with Gasteiger partial charge in [0.2, 0.25) is 0 Å². The van der Waals surface area contributed by atoms with Crippen molar-refractivity contribution in [3.63, 3.8) is 0 Å². The van der Waals surface area contributed by atoms with Crippen molar-refractivity contribution < 1.29 is 4.79 Å². The van der Waals surface area contributed by atoms with Gasteiger partial charge < -0.3 is 4.90 Å². The first-order valence-electron chi connectivity index (χ1n) is 12.7. The lowest BCUT2D eigenvalue weighted by Crippen LogP contribution is -2.47. The molecule has 0 spiro atoms. The van der Waals surface area contributed by atoms with E-state index in [4.69, 9.17) is 17.2 Å². The van der Waals surface area contributed by atoms with Gasteiger partial charge in [-0.25, -0.2) is 4.98 Å². The molecule has 1 aromatic carbocycles. The number of aromatic nitrogens is 2. The van der Waals surface area contributed by atoms with Gasteiger partial charge in [-0.3, -0.25) is 23.8 Å². The molecule has 2 aromatic heterocycles. The first kappa shape index (κ1) is 25.6. The third-order valence-electron chi connectivity index (χ3n) is 7.12. The van der Waals surface area contributed by atoms with E-state index < -0.39 is 0 Å². The summed E-state index contributed by atoms with van der Waals surface area (Å²) in [5.41, 5.74) is 3.11. The van der Waals surface area contributed by atoms with E-state index >= 15 is 0 Å². The summed E-state index contributed by atoms with van der Waals surface area (Å²) in [6.45, 7) is 10.1. The molecule has 2 fully saturated rings. The normalized spacial score (nSPS) is 18.8. The number of fused-ring (bicyclic) bond motifs is 1. The predicted octanol–water partition coefficient (Wildman–Crippen LogP) is 4.32. The molecule has 9 heteroatoms. The van der Waals surface area contributed by atoms with Crippen LogP contribution in [0.1, 0.15) is 37.0 Å². The molecule has 2 aliphatic heterocycles. The molecule has 0 bridgehead atoms. The maximum Gasteiger partial charge on any atom is 0.267 e. The summed E-state index contributed by atoms with van der Waals surface area (Å²) >= 11 is 6.78. The summed E-state index contributed by atoms with van der Waals surface area (Å²) in [6, 6.07) is 14.3. The van der Waals surface area contributed by atoms with E-state index in [9.17, 15) is 9.59 Å². The van der Waals surface area contributed by atoms with E-state index in [1.165, 1.54) is 17.3 Å². The molecule has 1 unspecified atom stereocenters. The molecule has 1 atom stereocenters. The van der Waals surface area contributed by atoms with Crippen molar-refractivity contribution in [3.8, 4) is 0 Å². The van der Waals surface area contributed by atoms with Gasteiger partial charge >= 0.3 is 0 Å². The Morgan fingerprint density at radius 1 is 1.08 bits per heavy atom. The maximum atomic E-state index is 13.8. The zero-order chi connectivity index (χ0) is 26.1. The molecule has 0 saturated carbocycles. The number of pyridine rings is 1. The summed E-state index contributed by atoms with van der Waals surface area (Å²) in [5.74, 6) is 0.490. The zero-order valence-electron chi connectivity index (χ0n) is 21.4. The number of nitrogens with zero attached hydrogens (tertiary/aromatic N) is 5. The van der Waals surface area contributed by atoms with Gasteiger partial charge in [-0.2, -0.15) is 0 Å². The minimum absolute atomic E-state index is 0.00837. The number of carbonyl (C=O) groups is 1. The number of hydrogen-bond donors (Lipinski definition) is 0. The number of rotatable bonds is 6. The SMILES string of the molecule is CCC(C)N1C(=O)/C(=C/c2c(N3CCN(Cc4ccccc4)CC3)nc3c(C)cccn3c2=O)SC1=S. The molecule has 7 nitrogen and oxygen atoms in total. The number of hydrogen-bond acceptors (Lipinski definition) is 7. The molecular formula is C28H31N5O2S2. The molecule has 5 rings (SSSR count). The lowest BCUT2D eigenvalue weighted by atomic mass is 10.1. The van der Waals surface area contributed by atoms with Crippen LogP contribution in [-0.2, 0) is 11.3 Å². The number of thioether (sulfide) groups is 1. The second-order valence-electron chi connectivity index (χ2n) is 9.60. The number of benzene rings is 1. The first-order valence-corrected chi connectivity index (χ1v) is 13.9. The lowest BCUT2D eigenvalue weighted by molar-refractivity contribution is -0.123. The second kappa shape index (κ2) is 10.8. The van der Waals surface area contributed by atoms with E-state index in [1.807, 2.05) is 39.0 Å². The van der Waals surface area contributed by atoms with Crippen LogP contribution >= 0.6 is 24.0 Å². The van der Waals surface area contributed by atoms with Crippen molar-refractivity contribution in [1.82, 2.24) is 19.2 Å². The predicted molar refractivity (Wildman–Crippen MR) is 155 cm³/mol. The third-order valence-corrected chi connectivity index (χ3v) is 8.45. The van der Waals surface area contributed by atoms with Crippen molar-refractivity contribution >= 4 is 51.7 Å². The molecule has 4 heterocycles. The largest absolute Gasteiger partial charge is 0.353 e. The Labute approximate surface area is 226 Å². The Hall–Kier alpha value is -3.01. The third kappa shape index (κ3) is 5.08. The van der Waals surface area contributed by atoms with Gasteiger partial charge in [-0.15, -0.1) is 0 Å². The van der Waals surface area contributed by atoms with Crippen molar-refractivity contribution in [3.05, 3.63) is 80.6 Å². The Kier molecular flexibility index (Phi) is 7.46. The highest BCUT2D eigenvalue weighted by atomic mass is 32.2. The molecule has 3 aromatic rings. The number of carbonyl (C=O) groups excluding carboxylic acids is 1. The van der Waals surface area contributed by atoms with Crippen molar-refractivity contribution in [2.75, 3.05) is 31.1 Å². The van der Waals surface area contributed by atoms with Crippen LogP contribution in [0.3, 0.4) is 0 Å². The number of aryl methyl sites for hydroxylation is 1. The molecule has 2 saturated heterocycles. The molecule has 0 aliphatic carbocycles. The maximum absolute atomic E-state index is 13.8. The van der Waals surface area contributed by atoms with E-state index in [0.717, 1.165) is 44.7 Å². The topological polar surface area (TPSA) is 61.2 Å². The summed E-state index contributed by atoms with van der Waals surface area (Å²) < 4.78 is 2.11. The minimum atomic E-state index is -0.177. The monoisotopic (exact) mass is 533 g/mol. The molecule has 37 heavy (non-hydrogen) atoms. The van der Waals surface area contributed by atoms with Gasteiger partial charge in [-0.05, 0) is 43.5 Å². The molecule has 2 aliphatic rings. The quantitative estimate of drug-likeness (QED) is 0.345. The highest BCUT2D eigenvalue weighted by Gasteiger charge is 2.35. The average molecular weight is 534 g/mol.